The highest BCUT2D eigenvalue weighted by Gasteiger charge is 2.28. The molecule has 0 atom stereocenters. The van der Waals surface area contributed by atoms with Crippen molar-refractivity contribution < 1.29 is 19.2 Å². The summed E-state index contributed by atoms with van der Waals surface area (Å²) in [5.74, 6) is 0.525. The second-order valence-electron chi connectivity index (χ2n) is 4.95. The van der Waals surface area contributed by atoms with Crippen molar-refractivity contribution in [3.8, 4) is 11.5 Å². The van der Waals surface area contributed by atoms with E-state index in [1.807, 2.05) is 0 Å². The Morgan fingerprint density at radius 1 is 1.25 bits per heavy atom. The first kappa shape index (κ1) is 12.7. The molecule has 20 heavy (non-hydrogen) atoms. The average molecular weight is 278 g/mol. The summed E-state index contributed by atoms with van der Waals surface area (Å²) in [7, 11) is 0. The lowest BCUT2D eigenvalue weighted by Gasteiger charge is -2.11. The standard InChI is InChI=1S/C13H14N2O5/c16-13(8-3-1-2-4-8)14-9-5-11-12(20-7-19-11)6-10(9)15(17)18/h5-6,8H,1-4,7H2,(H,14,16). The molecule has 1 aliphatic heterocycles. The number of anilines is 1. The van der Waals surface area contributed by atoms with Gasteiger partial charge >= 0.3 is 0 Å². The van der Waals surface area contributed by atoms with E-state index in [9.17, 15) is 14.9 Å². The van der Waals surface area contributed by atoms with E-state index >= 15 is 0 Å². The van der Waals surface area contributed by atoms with Crippen LogP contribution in [0.4, 0.5) is 11.4 Å². The maximum atomic E-state index is 12.1. The molecule has 1 heterocycles. The molecule has 2 aliphatic rings. The molecule has 0 bridgehead atoms. The molecule has 1 aliphatic carbocycles. The Bertz CT molecular complexity index is 566. The number of benzene rings is 1. The van der Waals surface area contributed by atoms with Gasteiger partial charge in [-0.15, -0.1) is 0 Å². The zero-order chi connectivity index (χ0) is 14.1. The van der Waals surface area contributed by atoms with Crippen molar-refractivity contribution in [2.45, 2.75) is 25.7 Å². The topological polar surface area (TPSA) is 90.7 Å². The molecule has 7 heteroatoms. The van der Waals surface area contributed by atoms with Crippen LogP contribution in [0, 0.1) is 16.0 Å². The Hall–Kier alpha value is -2.31. The molecule has 1 aromatic rings. The van der Waals surface area contributed by atoms with Gasteiger partial charge in [-0.3, -0.25) is 14.9 Å². The number of ether oxygens (including phenoxy) is 2. The molecule has 1 fully saturated rings. The number of amides is 1. The van der Waals surface area contributed by atoms with Crippen LogP contribution < -0.4 is 14.8 Å². The Kier molecular flexibility index (Phi) is 3.17. The lowest BCUT2D eigenvalue weighted by Crippen LogP contribution is -2.20. The van der Waals surface area contributed by atoms with Gasteiger partial charge in [0.2, 0.25) is 12.7 Å². The van der Waals surface area contributed by atoms with Crippen LogP contribution in [-0.4, -0.2) is 17.6 Å². The quantitative estimate of drug-likeness (QED) is 0.677. The Balaban J connectivity index is 1.87. The van der Waals surface area contributed by atoms with E-state index in [4.69, 9.17) is 9.47 Å². The summed E-state index contributed by atoms with van der Waals surface area (Å²) in [6.07, 6.45) is 3.73. The van der Waals surface area contributed by atoms with Crippen LogP contribution in [0.25, 0.3) is 0 Å². The number of nitrogens with zero attached hydrogens (tertiary/aromatic N) is 1. The lowest BCUT2D eigenvalue weighted by atomic mass is 10.1. The first-order valence-electron chi connectivity index (χ1n) is 6.54. The van der Waals surface area contributed by atoms with Crippen LogP contribution in [0.5, 0.6) is 11.5 Å². The smallest absolute Gasteiger partial charge is 0.296 e. The van der Waals surface area contributed by atoms with Crippen LogP contribution in [0.3, 0.4) is 0 Å². The van der Waals surface area contributed by atoms with E-state index in [-0.39, 0.29) is 30.0 Å². The fourth-order valence-corrected chi connectivity index (χ4v) is 2.61. The van der Waals surface area contributed by atoms with Crippen molar-refractivity contribution in [2.24, 2.45) is 5.92 Å². The zero-order valence-corrected chi connectivity index (χ0v) is 10.8. The van der Waals surface area contributed by atoms with E-state index in [1.54, 1.807) is 0 Å². The first-order valence-corrected chi connectivity index (χ1v) is 6.54. The minimum atomic E-state index is -0.535. The van der Waals surface area contributed by atoms with Gasteiger partial charge in [0.05, 0.1) is 11.0 Å². The van der Waals surface area contributed by atoms with Crippen LogP contribution in [0.15, 0.2) is 12.1 Å². The van der Waals surface area contributed by atoms with Crippen LogP contribution >= 0.6 is 0 Å². The van der Waals surface area contributed by atoms with Crippen molar-refractivity contribution in [1.29, 1.82) is 0 Å². The molecule has 0 spiro atoms. The monoisotopic (exact) mass is 278 g/mol. The number of carbonyl (C=O) groups excluding carboxylic acids is 1. The average Bonchev–Trinajstić information content (AvgIpc) is 3.08. The predicted molar refractivity (Wildman–Crippen MR) is 69.8 cm³/mol. The molecular weight excluding hydrogens is 264 g/mol. The van der Waals surface area contributed by atoms with Gasteiger partial charge in [0.25, 0.3) is 5.69 Å². The lowest BCUT2D eigenvalue weighted by molar-refractivity contribution is -0.384. The molecule has 1 amide bonds. The minimum absolute atomic E-state index is 0.0342. The minimum Gasteiger partial charge on any atom is -0.454 e. The van der Waals surface area contributed by atoms with Crippen molar-refractivity contribution in [1.82, 2.24) is 0 Å². The van der Waals surface area contributed by atoms with E-state index in [0.717, 1.165) is 25.7 Å². The maximum Gasteiger partial charge on any atom is 0.296 e. The molecule has 1 aromatic carbocycles. The van der Waals surface area contributed by atoms with Gasteiger partial charge in [0.15, 0.2) is 11.5 Å². The van der Waals surface area contributed by atoms with Gasteiger partial charge in [0.1, 0.15) is 5.69 Å². The number of rotatable bonds is 3. The van der Waals surface area contributed by atoms with Crippen LogP contribution in [0.1, 0.15) is 25.7 Å². The highest BCUT2D eigenvalue weighted by atomic mass is 16.7. The fraction of sp³-hybridized carbons (Fsp3) is 0.462. The van der Waals surface area contributed by atoms with Gasteiger partial charge in [0, 0.05) is 12.0 Å². The summed E-state index contributed by atoms with van der Waals surface area (Å²) >= 11 is 0. The highest BCUT2D eigenvalue weighted by molar-refractivity contribution is 5.95. The van der Waals surface area contributed by atoms with E-state index < -0.39 is 4.92 Å². The van der Waals surface area contributed by atoms with E-state index in [1.165, 1.54) is 12.1 Å². The molecule has 7 nitrogen and oxygen atoms in total. The first-order chi connectivity index (χ1) is 9.65. The van der Waals surface area contributed by atoms with E-state index in [0.29, 0.717) is 11.5 Å². The van der Waals surface area contributed by atoms with Crippen molar-refractivity contribution in [2.75, 3.05) is 12.1 Å². The third kappa shape index (κ3) is 2.26. The van der Waals surface area contributed by atoms with Gasteiger partial charge < -0.3 is 14.8 Å². The summed E-state index contributed by atoms with van der Waals surface area (Å²) in [6, 6.07) is 2.74. The summed E-state index contributed by atoms with van der Waals surface area (Å²) in [6.45, 7) is 0.0342. The molecule has 106 valence electrons. The summed E-state index contributed by atoms with van der Waals surface area (Å²) in [4.78, 5) is 22.6. The number of fused-ring (bicyclic) bond motifs is 1. The number of nitro groups is 1. The molecule has 1 N–H and O–H groups in total. The third-order valence-corrected chi connectivity index (χ3v) is 3.67. The van der Waals surface area contributed by atoms with Gasteiger partial charge in [-0.05, 0) is 12.8 Å². The number of carbonyl (C=O) groups is 1. The predicted octanol–water partition coefficient (Wildman–Crippen LogP) is 2.45. The second-order valence-corrected chi connectivity index (χ2v) is 4.95. The van der Waals surface area contributed by atoms with Crippen molar-refractivity contribution >= 4 is 17.3 Å². The molecule has 0 aromatic heterocycles. The molecule has 0 saturated heterocycles. The largest absolute Gasteiger partial charge is 0.454 e. The van der Waals surface area contributed by atoms with Gasteiger partial charge in [-0.25, -0.2) is 0 Å². The maximum absolute atomic E-state index is 12.1. The van der Waals surface area contributed by atoms with Crippen molar-refractivity contribution in [3.05, 3.63) is 22.2 Å². The second kappa shape index (κ2) is 4.99. The summed E-state index contributed by atoms with van der Waals surface area (Å²) < 4.78 is 10.3. The number of nitrogens with one attached hydrogen (secondary N) is 1. The number of hydrogen-bond donors (Lipinski definition) is 1. The Morgan fingerprint density at radius 3 is 2.55 bits per heavy atom. The highest BCUT2D eigenvalue weighted by Crippen LogP contribution is 2.41. The summed E-state index contributed by atoms with van der Waals surface area (Å²) in [5.41, 5.74) is -0.0169. The van der Waals surface area contributed by atoms with Crippen LogP contribution in [0.2, 0.25) is 0 Å². The third-order valence-electron chi connectivity index (χ3n) is 3.67. The van der Waals surface area contributed by atoms with Crippen molar-refractivity contribution in [3.63, 3.8) is 0 Å². The number of nitro benzene ring substituents is 1. The Labute approximate surface area is 115 Å². The van der Waals surface area contributed by atoms with Gasteiger partial charge in [-0.2, -0.15) is 0 Å². The molecule has 0 radical (unpaired) electrons. The SMILES string of the molecule is O=C(Nc1cc2c(cc1[N+](=O)[O-])OCO2)C1CCCC1. The van der Waals surface area contributed by atoms with E-state index in [2.05, 4.69) is 5.32 Å². The fourth-order valence-electron chi connectivity index (χ4n) is 2.61. The summed E-state index contributed by atoms with van der Waals surface area (Å²) in [5, 5.41) is 13.7. The molecule has 3 rings (SSSR count). The normalized spacial score (nSPS) is 17.2. The zero-order valence-electron chi connectivity index (χ0n) is 10.8. The number of hydrogen-bond acceptors (Lipinski definition) is 5. The van der Waals surface area contributed by atoms with Crippen LogP contribution in [-0.2, 0) is 4.79 Å². The molecule has 1 saturated carbocycles. The van der Waals surface area contributed by atoms with Gasteiger partial charge in [-0.1, -0.05) is 12.8 Å². The molecular formula is C13H14N2O5. The Morgan fingerprint density at radius 2 is 1.90 bits per heavy atom. The molecule has 0 unspecified atom stereocenters.